The molecule has 318 valence electrons. The van der Waals surface area contributed by atoms with Crippen LogP contribution < -0.4 is 0 Å². The van der Waals surface area contributed by atoms with Gasteiger partial charge in [-0.25, -0.2) is 0 Å². The summed E-state index contributed by atoms with van der Waals surface area (Å²) in [5, 5.41) is 0. The third-order valence-electron chi connectivity index (χ3n) is 13.4. The standard InChI is InChI=1S/C57H50NO5Si/c1-9-25-46(26-10-1)54(47-27-11-2-12-28-47)55(48-29-13-3-14-30-48,49-31-15-4-16-32-49)61-64(60-54,45-58-41-43-59-44-42-58)62-56(50-33-17-5-18-34-50,51-35-19-6-20-36-51)57(63-64,52-37-21-7-22-38-52)53-39-23-8-24-40-53/h1-40H,41-45H2/q-1. The van der Waals surface area contributed by atoms with Crippen molar-refractivity contribution in [2.75, 3.05) is 32.5 Å². The van der Waals surface area contributed by atoms with Gasteiger partial charge in [0.25, 0.3) is 0 Å². The predicted octanol–water partition coefficient (Wildman–Crippen LogP) is 11.1. The molecule has 3 aliphatic rings. The van der Waals surface area contributed by atoms with E-state index >= 15 is 0 Å². The summed E-state index contributed by atoms with van der Waals surface area (Å²) >= 11 is 0. The van der Waals surface area contributed by atoms with Crippen LogP contribution in [0.3, 0.4) is 0 Å². The molecule has 0 unspecified atom stereocenters. The summed E-state index contributed by atoms with van der Waals surface area (Å²) in [7, 11) is -5.73. The fraction of sp³-hybridized carbons (Fsp3) is 0.158. The molecule has 0 amide bonds. The van der Waals surface area contributed by atoms with Gasteiger partial charge in [-0.3, -0.25) is 0 Å². The molecule has 3 aliphatic heterocycles. The fourth-order valence-electron chi connectivity index (χ4n) is 11.0. The van der Waals surface area contributed by atoms with Crippen LogP contribution in [0.1, 0.15) is 44.5 Å². The van der Waals surface area contributed by atoms with E-state index in [0.29, 0.717) is 26.3 Å². The Morgan fingerprint density at radius 3 is 0.672 bits per heavy atom. The van der Waals surface area contributed by atoms with Crippen molar-refractivity contribution in [2.45, 2.75) is 22.4 Å². The Hall–Kier alpha value is -6.26. The van der Waals surface area contributed by atoms with E-state index in [9.17, 15) is 0 Å². The number of hydrogen-bond acceptors (Lipinski definition) is 6. The van der Waals surface area contributed by atoms with Crippen molar-refractivity contribution in [2.24, 2.45) is 0 Å². The molecule has 0 bridgehead atoms. The Labute approximate surface area is 376 Å². The first kappa shape index (κ1) is 40.5. The third kappa shape index (κ3) is 6.08. The summed E-state index contributed by atoms with van der Waals surface area (Å²) < 4.78 is 40.8. The molecule has 8 aromatic carbocycles. The van der Waals surface area contributed by atoms with Gasteiger partial charge in [-0.1, -0.05) is 0 Å². The Morgan fingerprint density at radius 2 is 0.484 bits per heavy atom. The Morgan fingerprint density at radius 1 is 0.297 bits per heavy atom. The average Bonchev–Trinajstić information content (AvgIpc) is 3.82. The molecule has 64 heavy (non-hydrogen) atoms. The zero-order valence-corrected chi connectivity index (χ0v) is 36.6. The molecule has 0 aromatic heterocycles. The van der Waals surface area contributed by atoms with Gasteiger partial charge in [0.1, 0.15) is 0 Å². The molecule has 0 radical (unpaired) electrons. The molecule has 0 N–H and O–H groups in total. The molecule has 1 spiro atoms. The van der Waals surface area contributed by atoms with Crippen LogP contribution in [-0.2, 0) is 44.8 Å². The Bertz CT molecular complexity index is 2260. The molecule has 0 aliphatic carbocycles. The topological polar surface area (TPSA) is 49.4 Å². The molecule has 11 rings (SSSR count). The number of nitrogens with zero attached hydrogens (tertiary/aromatic N) is 1. The van der Waals surface area contributed by atoms with E-state index in [1.165, 1.54) is 0 Å². The summed E-state index contributed by atoms with van der Waals surface area (Å²) in [4.78, 5) is 2.37. The molecule has 3 heterocycles. The summed E-state index contributed by atoms with van der Waals surface area (Å²) in [6, 6.07) is 84.3. The van der Waals surface area contributed by atoms with Crippen molar-refractivity contribution in [3.05, 3.63) is 287 Å². The van der Waals surface area contributed by atoms with Gasteiger partial charge >= 0.3 is 378 Å². The monoisotopic (exact) mass is 856 g/mol. The van der Waals surface area contributed by atoms with Crippen molar-refractivity contribution >= 4 is 8.33 Å². The first-order chi connectivity index (χ1) is 31.6. The molecule has 0 atom stereocenters. The summed E-state index contributed by atoms with van der Waals surface area (Å²) in [5.41, 5.74) is 1.60. The number of benzene rings is 8. The summed E-state index contributed by atoms with van der Waals surface area (Å²) in [6.45, 7) is 2.35. The van der Waals surface area contributed by atoms with E-state index in [0.717, 1.165) is 44.5 Å². The summed E-state index contributed by atoms with van der Waals surface area (Å²) in [5.74, 6) is 0. The van der Waals surface area contributed by atoms with Gasteiger partial charge in [0.15, 0.2) is 0 Å². The van der Waals surface area contributed by atoms with Crippen LogP contribution in [0, 0.1) is 0 Å². The first-order valence-electron chi connectivity index (χ1n) is 22.3. The quantitative estimate of drug-likeness (QED) is 0.128. The Balaban J connectivity index is 1.36. The van der Waals surface area contributed by atoms with Gasteiger partial charge in [-0.2, -0.15) is 0 Å². The maximum atomic E-state index is 8.69. The normalized spacial score (nSPS) is 20.8. The van der Waals surface area contributed by atoms with E-state index in [1.807, 2.05) is 0 Å². The minimum absolute atomic E-state index is 0.203. The number of morpholine rings is 1. The maximum absolute atomic E-state index is 8.69. The van der Waals surface area contributed by atoms with E-state index in [-0.39, 0.29) is 6.17 Å². The van der Waals surface area contributed by atoms with Crippen LogP contribution in [0.15, 0.2) is 243 Å². The van der Waals surface area contributed by atoms with Gasteiger partial charge in [-0.15, -0.1) is 0 Å². The molecule has 3 fully saturated rings. The molecule has 0 saturated carbocycles. The second kappa shape index (κ2) is 16.1. The third-order valence-corrected chi connectivity index (χ3v) is 17.2. The number of hydrogen-bond donors (Lipinski definition) is 0. The molecule has 3 saturated heterocycles. The van der Waals surface area contributed by atoms with Crippen LogP contribution in [0.5, 0.6) is 0 Å². The first-order valence-corrected chi connectivity index (χ1v) is 24.6. The predicted molar refractivity (Wildman–Crippen MR) is 252 cm³/mol. The zero-order valence-electron chi connectivity index (χ0n) is 35.6. The Kier molecular flexibility index (Phi) is 10.2. The molecule has 8 aromatic rings. The van der Waals surface area contributed by atoms with Crippen molar-refractivity contribution < 1.29 is 22.4 Å². The van der Waals surface area contributed by atoms with Crippen molar-refractivity contribution in [1.82, 2.24) is 4.90 Å². The molecule has 6 nitrogen and oxygen atoms in total. The fourth-order valence-corrected chi connectivity index (χ4v) is 16.4. The van der Waals surface area contributed by atoms with Crippen LogP contribution in [0.4, 0.5) is 0 Å². The molecule has 7 heteroatoms. The van der Waals surface area contributed by atoms with E-state index in [2.05, 4.69) is 248 Å². The van der Waals surface area contributed by atoms with Crippen molar-refractivity contribution in [3.63, 3.8) is 0 Å². The van der Waals surface area contributed by atoms with Crippen LogP contribution in [-0.4, -0.2) is 45.7 Å². The van der Waals surface area contributed by atoms with Crippen LogP contribution in [0.25, 0.3) is 0 Å². The van der Waals surface area contributed by atoms with E-state index in [1.54, 1.807) is 0 Å². The van der Waals surface area contributed by atoms with Gasteiger partial charge in [0.2, 0.25) is 0 Å². The SMILES string of the molecule is c1ccc(C2(c3ccccc3)O[Si-]3(CN4CCOCC4)(OC2(c2ccccc2)c2ccccc2)OC(c2ccccc2)(c2ccccc2)C(c2ccccc2)(c2ccccc2)O3)cc1. The van der Waals surface area contributed by atoms with Gasteiger partial charge < -0.3 is 0 Å². The zero-order chi connectivity index (χ0) is 43.0. The average molecular weight is 857 g/mol. The van der Waals surface area contributed by atoms with E-state index < -0.39 is 30.7 Å². The second-order valence-electron chi connectivity index (χ2n) is 17.0. The van der Waals surface area contributed by atoms with Crippen LogP contribution in [0.2, 0.25) is 0 Å². The summed E-state index contributed by atoms with van der Waals surface area (Å²) in [6.07, 6.45) is 0.203. The molecular weight excluding hydrogens is 807 g/mol. The number of ether oxygens (including phenoxy) is 1. The van der Waals surface area contributed by atoms with Crippen molar-refractivity contribution in [1.29, 1.82) is 0 Å². The second-order valence-corrected chi connectivity index (χ2v) is 20.3. The van der Waals surface area contributed by atoms with E-state index in [4.69, 9.17) is 22.4 Å². The van der Waals surface area contributed by atoms with Crippen LogP contribution >= 0.6 is 0 Å². The molecular formula is C57H50NO5Si-. The van der Waals surface area contributed by atoms with Crippen molar-refractivity contribution in [3.8, 4) is 0 Å². The van der Waals surface area contributed by atoms with Gasteiger partial charge in [0.05, 0.1) is 0 Å². The number of rotatable bonds is 10. The minimum atomic E-state index is -5.73. The van der Waals surface area contributed by atoms with Gasteiger partial charge in [-0.05, 0) is 0 Å². The van der Waals surface area contributed by atoms with Gasteiger partial charge in [0, 0.05) is 0 Å².